The van der Waals surface area contributed by atoms with Crippen molar-refractivity contribution in [3.8, 4) is 5.75 Å². The Morgan fingerprint density at radius 2 is 2.00 bits per heavy atom. The number of halogens is 2. The van der Waals surface area contributed by atoms with Crippen LogP contribution in [0.2, 0.25) is 5.02 Å². The van der Waals surface area contributed by atoms with E-state index >= 15 is 0 Å². The van der Waals surface area contributed by atoms with Gasteiger partial charge in [-0.2, -0.15) is 0 Å². The van der Waals surface area contributed by atoms with Crippen LogP contribution in [0.15, 0.2) is 36.4 Å². The molecule has 0 N–H and O–H groups in total. The van der Waals surface area contributed by atoms with E-state index in [4.69, 9.17) is 32.7 Å². The van der Waals surface area contributed by atoms with Crippen molar-refractivity contribution in [1.82, 2.24) is 0 Å². The number of rotatable bonds is 5. The van der Waals surface area contributed by atoms with E-state index in [1.807, 2.05) is 0 Å². The summed E-state index contributed by atoms with van der Waals surface area (Å²) in [5.41, 5.74) is -0.431. The lowest BCUT2D eigenvalue weighted by Gasteiger charge is -2.13. The van der Waals surface area contributed by atoms with Crippen LogP contribution < -0.4 is 4.74 Å². The van der Waals surface area contributed by atoms with E-state index < -0.39 is 11.5 Å². The Kier molecular flexibility index (Phi) is 5.32. The average molecular weight is 275 g/mol. The lowest BCUT2D eigenvalue weighted by molar-refractivity contribution is -0.140. The van der Waals surface area contributed by atoms with Crippen molar-refractivity contribution in [3.05, 3.63) is 41.4 Å². The Morgan fingerprint density at radius 3 is 2.53 bits per heavy atom. The summed E-state index contributed by atoms with van der Waals surface area (Å²) in [5.74, 6) is 0.0659. The SMILES string of the molecule is C=C(C)C(=O)OCC(Cl)Oc1ccc(Cl)cc1. The zero-order chi connectivity index (χ0) is 12.8. The molecule has 0 fully saturated rings. The highest BCUT2D eigenvalue weighted by molar-refractivity contribution is 6.30. The molecule has 1 unspecified atom stereocenters. The number of benzene rings is 1. The molecule has 0 bridgehead atoms. The first kappa shape index (κ1) is 13.9. The lowest BCUT2D eigenvalue weighted by Crippen LogP contribution is -2.19. The molecule has 0 saturated carbocycles. The summed E-state index contributed by atoms with van der Waals surface area (Å²) in [6.07, 6.45) is 0. The highest BCUT2D eigenvalue weighted by Crippen LogP contribution is 2.17. The van der Waals surface area contributed by atoms with Crippen LogP contribution in [0.4, 0.5) is 0 Å². The summed E-state index contributed by atoms with van der Waals surface area (Å²) in [5, 5.41) is 0.609. The molecule has 0 heterocycles. The minimum absolute atomic E-state index is 0.0458. The molecule has 1 rings (SSSR count). The molecule has 0 aliphatic rings. The topological polar surface area (TPSA) is 35.5 Å². The predicted octanol–water partition coefficient (Wildman–Crippen LogP) is 3.40. The third-order valence-corrected chi connectivity index (χ3v) is 2.24. The van der Waals surface area contributed by atoms with Crippen molar-refractivity contribution in [1.29, 1.82) is 0 Å². The molecular weight excluding hydrogens is 263 g/mol. The van der Waals surface area contributed by atoms with Gasteiger partial charge in [0.2, 0.25) is 5.56 Å². The average Bonchev–Trinajstić information content (AvgIpc) is 2.29. The zero-order valence-electron chi connectivity index (χ0n) is 9.28. The number of alkyl halides is 1. The van der Waals surface area contributed by atoms with Gasteiger partial charge in [-0.1, -0.05) is 29.8 Å². The Morgan fingerprint density at radius 1 is 1.41 bits per heavy atom. The molecule has 1 atom stereocenters. The van der Waals surface area contributed by atoms with Gasteiger partial charge in [-0.25, -0.2) is 4.79 Å². The standard InChI is InChI=1S/C12H12Cl2O3/c1-8(2)12(15)16-7-11(14)17-10-5-3-9(13)4-6-10/h3-6,11H,1,7H2,2H3. The maximum absolute atomic E-state index is 11.1. The fourth-order valence-corrected chi connectivity index (χ4v) is 1.25. The summed E-state index contributed by atoms with van der Waals surface area (Å²) >= 11 is 11.6. The van der Waals surface area contributed by atoms with Crippen LogP contribution >= 0.6 is 23.2 Å². The van der Waals surface area contributed by atoms with Crippen molar-refractivity contribution in [2.24, 2.45) is 0 Å². The van der Waals surface area contributed by atoms with Crippen molar-refractivity contribution in [2.45, 2.75) is 12.5 Å². The van der Waals surface area contributed by atoms with Gasteiger partial charge in [0.25, 0.3) is 0 Å². The normalized spacial score (nSPS) is 11.7. The summed E-state index contributed by atoms with van der Waals surface area (Å²) < 4.78 is 10.1. The van der Waals surface area contributed by atoms with Gasteiger partial charge in [-0.3, -0.25) is 0 Å². The Balaban J connectivity index is 2.39. The van der Waals surface area contributed by atoms with Crippen LogP contribution in [0.25, 0.3) is 0 Å². The molecular formula is C12H12Cl2O3. The van der Waals surface area contributed by atoms with Gasteiger partial charge in [0.05, 0.1) is 0 Å². The molecule has 1 aromatic carbocycles. The molecule has 0 saturated heterocycles. The van der Waals surface area contributed by atoms with Crippen LogP contribution in [0, 0.1) is 0 Å². The minimum Gasteiger partial charge on any atom is -0.471 e. The fourth-order valence-electron chi connectivity index (χ4n) is 0.959. The van der Waals surface area contributed by atoms with Gasteiger partial charge >= 0.3 is 5.97 Å². The first-order valence-corrected chi connectivity index (χ1v) is 5.69. The van der Waals surface area contributed by atoms with E-state index in [2.05, 4.69) is 6.58 Å². The number of hydrogen-bond acceptors (Lipinski definition) is 3. The fraction of sp³-hybridized carbons (Fsp3) is 0.250. The Labute approximate surface area is 110 Å². The zero-order valence-corrected chi connectivity index (χ0v) is 10.8. The summed E-state index contributed by atoms with van der Waals surface area (Å²) in [6, 6.07) is 6.72. The van der Waals surface area contributed by atoms with Gasteiger partial charge < -0.3 is 9.47 Å². The van der Waals surface area contributed by atoms with Crippen molar-refractivity contribution < 1.29 is 14.3 Å². The second-order valence-corrected chi connectivity index (χ2v) is 4.28. The molecule has 0 aliphatic carbocycles. The number of carbonyl (C=O) groups is 1. The van der Waals surface area contributed by atoms with Gasteiger partial charge in [-0.05, 0) is 31.2 Å². The van der Waals surface area contributed by atoms with E-state index in [1.165, 1.54) is 0 Å². The number of carbonyl (C=O) groups excluding carboxylic acids is 1. The highest BCUT2D eigenvalue weighted by atomic mass is 35.5. The number of hydrogen-bond donors (Lipinski definition) is 0. The lowest BCUT2D eigenvalue weighted by atomic mass is 10.3. The quantitative estimate of drug-likeness (QED) is 0.469. The minimum atomic E-state index is -0.750. The molecule has 1 aromatic rings. The number of esters is 1. The second-order valence-electron chi connectivity index (χ2n) is 3.36. The first-order valence-electron chi connectivity index (χ1n) is 4.88. The second kappa shape index (κ2) is 6.52. The molecule has 92 valence electrons. The molecule has 5 heteroatoms. The third-order valence-electron chi connectivity index (χ3n) is 1.77. The summed E-state index contributed by atoms with van der Waals surface area (Å²) in [4.78, 5) is 11.1. The van der Waals surface area contributed by atoms with E-state index in [9.17, 15) is 4.79 Å². The van der Waals surface area contributed by atoms with E-state index in [0.29, 0.717) is 16.3 Å². The molecule has 0 aliphatic heterocycles. The van der Waals surface area contributed by atoms with Crippen LogP contribution in [0.5, 0.6) is 5.75 Å². The van der Waals surface area contributed by atoms with Crippen LogP contribution in [0.1, 0.15) is 6.92 Å². The highest BCUT2D eigenvalue weighted by Gasteiger charge is 2.10. The molecule has 0 radical (unpaired) electrons. The van der Waals surface area contributed by atoms with E-state index in [-0.39, 0.29) is 6.61 Å². The van der Waals surface area contributed by atoms with Crippen LogP contribution in [-0.2, 0) is 9.53 Å². The molecule has 0 spiro atoms. The monoisotopic (exact) mass is 274 g/mol. The van der Waals surface area contributed by atoms with Crippen molar-refractivity contribution in [2.75, 3.05) is 6.61 Å². The molecule has 0 aromatic heterocycles. The predicted molar refractivity (Wildman–Crippen MR) is 67.5 cm³/mol. The van der Waals surface area contributed by atoms with E-state index in [1.54, 1.807) is 31.2 Å². The number of ether oxygens (including phenoxy) is 2. The van der Waals surface area contributed by atoms with Gasteiger partial charge in [0.15, 0.2) is 0 Å². The Bertz CT molecular complexity index is 401. The first-order chi connectivity index (χ1) is 7.99. The van der Waals surface area contributed by atoms with Gasteiger partial charge in [0.1, 0.15) is 12.4 Å². The van der Waals surface area contributed by atoms with Crippen molar-refractivity contribution >= 4 is 29.2 Å². The molecule has 0 amide bonds. The van der Waals surface area contributed by atoms with Crippen molar-refractivity contribution in [3.63, 3.8) is 0 Å². The van der Waals surface area contributed by atoms with Gasteiger partial charge in [-0.15, -0.1) is 0 Å². The van der Waals surface area contributed by atoms with Crippen LogP contribution in [-0.4, -0.2) is 18.1 Å². The molecule has 3 nitrogen and oxygen atoms in total. The third kappa shape index (κ3) is 5.11. The largest absolute Gasteiger partial charge is 0.471 e. The maximum Gasteiger partial charge on any atom is 0.333 e. The molecule has 17 heavy (non-hydrogen) atoms. The van der Waals surface area contributed by atoms with Crippen LogP contribution in [0.3, 0.4) is 0 Å². The summed E-state index contributed by atoms with van der Waals surface area (Å²) in [6.45, 7) is 4.97. The maximum atomic E-state index is 11.1. The smallest absolute Gasteiger partial charge is 0.333 e. The van der Waals surface area contributed by atoms with E-state index in [0.717, 1.165) is 0 Å². The van der Waals surface area contributed by atoms with Gasteiger partial charge in [0, 0.05) is 10.6 Å². The Hall–Kier alpha value is -1.19. The summed E-state index contributed by atoms with van der Waals surface area (Å²) in [7, 11) is 0.